The Morgan fingerprint density at radius 1 is 1.28 bits per heavy atom. The van der Waals surface area contributed by atoms with Gasteiger partial charge in [-0.15, -0.1) is 0 Å². The van der Waals surface area contributed by atoms with Gasteiger partial charge in [-0.3, -0.25) is 5.41 Å². The minimum absolute atomic E-state index is 0.0393. The number of nitrogens with zero attached hydrogens (tertiary/aromatic N) is 2. The molecule has 0 fully saturated rings. The Hall–Kier alpha value is -2.43. The van der Waals surface area contributed by atoms with Gasteiger partial charge in [0.1, 0.15) is 17.5 Å². The van der Waals surface area contributed by atoms with E-state index in [2.05, 4.69) is 4.98 Å². The SMILES string of the molecule is CN(c1ccc(C(=N)N)cn1)c1ccccc1F. The molecule has 0 saturated heterocycles. The predicted molar refractivity (Wildman–Crippen MR) is 69.7 cm³/mol. The summed E-state index contributed by atoms with van der Waals surface area (Å²) in [6, 6.07) is 9.86. The fourth-order valence-corrected chi connectivity index (χ4v) is 1.59. The summed E-state index contributed by atoms with van der Waals surface area (Å²) in [5.74, 6) is 0.241. The number of nitrogens with two attached hydrogens (primary N) is 1. The Kier molecular flexibility index (Phi) is 3.23. The first kappa shape index (κ1) is 12.0. The minimum atomic E-state index is -0.308. The van der Waals surface area contributed by atoms with Crippen LogP contribution in [0.15, 0.2) is 42.6 Å². The molecule has 0 spiro atoms. The largest absolute Gasteiger partial charge is 0.384 e. The zero-order valence-corrected chi connectivity index (χ0v) is 9.89. The molecule has 0 aliphatic heterocycles. The van der Waals surface area contributed by atoms with Crippen LogP contribution in [0.2, 0.25) is 0 Å². The number of nitrogens with one attached hydrogen (secondary N) is 1. The van der Waals surface area contributed by atoms with Gasteiger partial charge in [-0.05, 0) is 24.3 Å². The van der Waals surface area contributed by atoms with Gasteiger partial charge in [0.25, 0.3) is 0 Å². The molecule has 0 aliphatic rings. The van der Waals surface area contributed by atoms with Crippen LogP contribution in [-0.4, -0.2) is 17.9 Å². The van der Waals surface area contributed by atoms with Gasteiger partial charge >= 0.3 is 0 Å². The van der Waals surface area contributed by atoms with Crippen LogP contribution in [0, 0.1) is 11.2 Å². The third-order valence-corrected chi connectivity index (χ3v) is 2.62. The van der Waals surface area contributed by atoms with Crippen molar-refractivity contribution >= 4 is 17.3 Å². The van der Waals surface area contributed by atoms with Gasteiger partial charge in [-0.2, -0.15) is 0 Å². The topological polar surface area (TPSA) is 66.0 Å². The van der Waals surface area contributed by atoms with Crippen LogP contribution in [-0.2, 0) is 0 Å². The van der Waals surface area contributed by atoms with Crippen molar-refractivity contribution in [3.63, 3.8) is 0 Å². The highest BCUT2D eigenvalue weighted by molar-refractivity contribution is 5.94. The molecule has 4 nitrogen and oxygen atoms in total. The van der Waals surface area contributed by atoms with E-state index in [1.807, 2.05) is 0 Å². The van der Waals surface area contributed by atoms with Crippen molar-refractivity contribution in [2.75, 3.05) is 11.9 Å². The first-order chi connectivity index (χ1) is 8.59. The van der Waals surface area contributed by atoms with Gasteiger partial charge in [0, 0.05) is 18.8 Å². The molecule has 1 heterocycles. The second-order valence-electron chi connectivity index (χ2n) is 3.83. The molecule has 0 unspecified atom stereocenters. The molecule has 5 heteroatoms. The van der Waals surface area contributed by atoms with Crippen molar-refractivity contribution in [3.8, 4) is 0 Å². The number of amidine groups is 1. The number of hydrogen-bond donors (Lipinski definition) is 2. The Labute approximate surface area is 104 Å². The van der Waals surface area contributed by atoms with E-state index in [4.69, 9.17) is 11.1 Å². The predicted octanol–water partition coefficient (Wildman–Crippen LogP) is 2.27. The number of pyridine rings is 1. The lowest BCUT2D eigenvalue weighted by Crippen LogP contribution is -2.15. The smallest absolute Gasteiger partial charge is 0.146 e. The molecule has 2 rings (SSSR count). The lowest BCUT2D eigenvalue weighted by Gasteiger charge is -2.18. The summed E-state index contributed by atoms with van der Waals surface area (Å²) in [5.41, 5.74) is 6.33. The summed E-state index contributed by atoms with van der Waals surface area (Å²) in [5, 5.41) is 7.28. The van der Waals surface area contributed by atoms with E-state index in [9.17, 15) is 4.39 Å². The van der Waals surface area contributed by atoms with Gasteiger partial charge in [-0.25, -0.2) is 9.37 Å². The molecular formula is C13H13FN4. The maximum Gasteiger partial charge on any atom is 0.146 e. The Balaban J connectivity index is 2.32. The van der Waals surface area contributed by atoms with Crippen LogP contribution in [0.5, 0.6) is 0 Å². The molecule has 0 atom stereocenters. The van der Waals surface area contributed by atoms with Crippen molar-refractivity contribution < 1.29 is 4.39 Å². The van der Waals surface area contributed by atoms with Crippen molar-refractivity contribution in [3.05, 3.63) is 54.0 Å². The van der Waals surface area contributed by atoms with Gasteiger partial charge in [0.2, 0.25) is 0 Å². The van der Waals surface area contributed by atoms with Crippen molar-refractivity contribution in [1.82, 2.24) is 4.98 Å². The van der Waals surface area contributed by atoms with Crippen LogP contribution >= 0.6 is 0 Å². The molecule has 1 aromatic heterocycles. The lowest BCUT2D eigenvalue weighted by molar-refractivity contribution is 0.627. The molecular weight excluding hydrogens is 231 g/mol. The first-order valence-corrected chi connectivity index (χ1v) is 5.38. The quantitative estimate of drug-likeness (QED) is 0.643. The second kappa shape index (κ2) is 4.83. The number of para-hydroxylation sites is 1. The van der Waals surface area contributed by atoms with E-state index < -0.39 is 0 Å². The van der Waals surface area contributed by atoms with Crippen LogP contribution in [0.3, 0.4) is 0 Å². The zero-order chi connectivity index (χ0) is 13.1. The third-order valence-electron chi connectivity index (χ3n) is 2.62. The molecule has 0 radical (unpaired) electrons. The molecule has 3 N–H and O–H groups in total. The molecule has 1 aromatic carbocycles. The zero-order valence-electron chi connectivity index (χ0n) is 9.89. The Morgan fingerprint density at radius 3 is 2.56 bits per heavy atom. The maximum atomic E-state index is 13.6. The highest BCUT2D eigenvalue weighted by atomic mass is 19.1. The molecule has 2 aromatic rings. The highest BCUT2D eigenvalue weighted by Gasteiger charge is 2.09. The number of halogens is 1. The molecule has 92 valence electrons. The maximum absolute atomic E-state index is 13.6. The summed E-state index contributed by atoms with van der Waals surface area (Å²) in [4.78, 5) is 5.79. The molecule has 0 bridgehead atoms. The highest BCUT2D eigenvalue weighted by Crippen LogP contribution is 2.24. The van der Waals surface area contributed by atoms with Crippen LogP contribution in [0.4, 0.5) is 15.9 Å². The Morgan fingerprint density at radius 2 is 2.00 bits per heavy atom. The fraction of sp³-hybridized carbons (Fsp3) is 0.0769. The standard InChI is InChI=1S/C13H13FN4/c1-18(11-5-3-2-4-10(11)14)12-7-6-9(8-17-12)13(15)16/h2-8H,1H3,(H3,15,16). The van der Waals surface area contributed by atoms with E-state index in [1.54, 1.807) is 42.3 Å². The molecule has 0 saturated carbocycles. The number of benzene rings is 1. The molecule has 18 heavy (non-hydrogen) atoms. The van der Waals surface area contributed by atoms with Gasteiger partial charge in [0.15, 0.2) is 0 Å². The average molecular weight is 244 g/mol. The number of rotatable bonds is 3. The van der Waals surface area contributed by atoms with Crippen LogP contribution in [0.25, 0.3) is 0 Å². The molecule has 0 aliphatic carbocycles. The van der Waals surface area contributed by atoms with Gasteiger partial charge < -0.3 is 10.6 Å². The van der Waals surface area contributed by atoms with Crippen molar-refractivity contribution in [2.45, 2.75) is 0 Å². The Bertz CT molecular complexity index is 565. The summed E-state index contributed by atoms with van der Waals surface area (Å²) in [6.07, 6.45) is 1.50. The second-order valence-corrected chi connectivity index (χ2v) is 3.83. The molecule has 0 amide bonds. The number of hydrogen-bond acceptors (Lipinski definition) is 3. The summed E-state index contributed by atoms with van der Waals surface area (Å²) < 4.78 is 13.6. The van der Waals surface area contributed by atoms with E-state index in [-0.39, 0.29) is 11.7 Å². The number of nitrogen functional groups attached to an aromatic ring is 1. The van der Waals surface area contributed by atoms with Crippen LogP contribution < -0.4 is 10.6 Å². The summed E-state index contributed by atoms with van der Waals surface area (Å²) in [7, 11) is 1.73. The van der Waals surface area contributed by atoms with Gasteiger partial charge in [-0.1, -0.05) is 12.1 Å². The van der Waals surface area contributed by atoms with E-state index in [0.29, 0.717) is 17.1 Å². The van der Waals surface area contributed by atoms with Crippen LogP contribution in [0.1, 0.15) is 5.56 Å². The van der Waals surface area contributed by atoms with Crippen molar-refractivity contribution in [1.29, 1.82) is 5.41 Å². The lowest BCUT2D eigenvalue weighted by atomic mass is 10.2. The third kappa shape index (κ3) is 2.29. The monoisotopic (exact) mass is 244 g/mol. The average Bonchev–Trinajstić information content (AvgIpc) is 2.38. The van der Waals surface area contributed by atoms with E-state index in [0.717, 1.165) is 0 Å². The van der Waals surface area contributed by atoms with E-state index in [1.165, 1.54) is 12.3 Å². The summed E-state index contributed by atoms with van der Waals surface area (Å²) in [6.45, 7) is 0. The van der Waals surface area contributed by atoms with Crippen molar-refractivity contribution in [2.24, 2.45) is 5.73 Å². The fourth-order valence-electron chi connectivity index (χ4n) is 1.59. The minimum Gasteiger partial charge on any atom is -0.384 e. The van der Waals surface area contributed by atoms with Gasteiger partial charge in [0.05, 0.1) is 5.69 Å². The summed E-state index contributed by atoms with van der Waals surface area (Å²) >= 11 is 0. The number of aromatic nitrogens is 1. The number of anilines is 2. The first-order valence-electron chi connectivity index (χ1n) is 5.38. The normalized spacial score (nSPS) is 10.1. The van der Waals surface area contributed by atoms with E-state index >= 15 is 0 Å².